The summed E-state index contributed by atoms with van der Waals surface area (Å²) in [4.78, 5) is 23.8. The Balaban J connectivity index is 2.40. The van der Waals surface area contributed by atoms with Gasteiger partial charge in [-0.05, 0) is 12.1 Å². The van der Waals surface area contributed by atoms with Gasteiger partial charge in [-0.2, -0.15) is 0 Å². The molecule has 1 unspecified atom stereocenters. The van der Waals surface area contributed by atoms with Gasteiger partial charge in [0.05, 0.1) is 22.5 Å². The minimum atomic E-state index is -0.958. The fourth-order valence-electron chi connectivity index (χ4n) is 1.68. The Hall–Kier alpha value is -1.37. The largest absolute Gasteiger partial charge is 0.489 e. The summed E-state index contributed by atoms with van der Waals surface area (Å²) in [5.74, 6) is -1.31. The predicted molar refractivity (Wildman–Crippen MR) is 89.8 cm³/mol. The van der Waals surface area contributed by atoms with E-state index < -0.39 is 17.9 Å². The maximum atomic E-state index is 11.8. The number of carbonyl (C=O) groups excluding carboxylic acids is 1. The molecule has 128 valence electrons. The maximum Gasteiger partial charge on any atom is 0.317 e. The summed E-state index contributed by atoms with van der Waals surface area (Å²) in [7, 11) is 1.52. The Labute approximate surface area is 149 Å². The second kappa shape index (κ2) is 9.05. The second-order valence-corrected chi connectivity index (χ2v) is 6.15. The van der Waals surface area contributed by atoms with Crippen LogP contribution in [0.3, 0.4) is 0 Å². The summed E-state index contributed by atoms with van der Waals surface area (Å²) in [5, 5.41) is 12.4. The third kappa shape index (κ3) is 6.33. The number of carboxylic acids is 1. The van der Waals surface area contributed by atoms with Gasteiger partial charge in [0, 0.05) is 18.6 Å². The SMILES string of the molecule is CC(CN(C)C(=O)NCCOc1c(Cl)cc(Cl)cc1Cl)C(=O)O. The van der Waals surface area contributed by atoms with Crippen molar-refractivity contribution in [1.29, 1.82) is 0 Å². The van der Waals surface area contributed by atoms with Crippen molar-refractivity contribution in [2.45, 2.75) is 6.92 Å². The van der Waals surface area contributed by atoms with Crippen molar-refractivity contribution in [3.63, 3.8) is 0 Å². The first-order valence-corrected chi connectivity index (χ1v) is 7.85. The summed E-state index contributed by atoms with van der Waals surface area (Å²) in [6.45, 7) is 1.99. The minimum Gasteiger partial charge on any atom is -0.489 e. The van der Waals surface area contributed by atoms with E-state index in [1.807, 2.05) is 0 Å². The molecule has 0 radical (unpaired) electrons. The predicted octanol–water partition coefficient (Wildman–Crippen LogP) is 3.39. The summed E-state index contributed by atoms with van der Waals surface area (Å²) >= 11 is 17.7. The minimum absolute atomic E-state index is 0.108. The van der Waals surface area contributed by atoms with E-state index in [0.29, 0.717) is 10.8 Å². The van der Waals surface area contributed by atoms with Gasteiger partial charge in [-0.1, -0.05) is 41.7 Å². The molecule has 0 aromatic heterocycles. The molecule has 0 saturated heterocycles. The van der Waals surface area contributed by atoms with E-state index in [-0.39, 0.29) is 29.7 Å². The van der Waals surface area contributed by atoms with E-state index in [1.54, 1.807) is 0 Å². The molecule has 0 aliphatic carbocycles. The van der Waals surface area contributed by atoms with Crippen LogP contribution in [0.25, 0.3) is 0 Å². The van der Waals surface area contributed by atoms with Crippen LogP contribution in [0.2, 0.25) is 15.1 Å². The molecule has 9 heteroatoms. The maximum absolute atomic E-state index is 11.8. The lowest BCUT2D eigenvalue weighted by Crippen LogP contribution is -2.42. The van der Waals surface area contributed by atoms with Crippen molar-refractivity contribution in [2.24, 2.45) is 5.92 Å². The van der Waals surface area contributed by atoms with Crippen LogP contribution in [0.15, 0.2) is 12.1 Å². The van der Waals surface area contributed by atoms with E-state index in [0.717, 1.165) is 0 Å². The third-order valence-electron chi connectivity index (χ3n) is 2.90. The van der Waals surface area contributed by atoms with Crippen LogP contribution in [0.1, 0.15) is 6.92 Å². The molecule has 1 atom stereocenters. The fourth-order valence-corrected chi connectivity index (χ4v) is 2.61. The number of hydrogen-bond donors (Lipinski definition) is 2. The molecule has 0 fully saturated rings. The number of halogens is 3. The van der Waals surface area contributed by atoms with Crippen LogP contribution in [-0.2, 0) is 4.79 Å². The second-order valence-electron chi connectivity index (χ2n) is 4.90. The number of rotatable bonds is 7. The number of ether oxygens (including phenoxy) is 1. The van der Waals surface area contributed by atoms with Crippen molar-refractivity contribution >= 4 is 46.8 Å². The van der Waals surface area contributed by atoms with Crippen LogP contribution >= 0.6 is 34.8 Å². The molecule has 2 amide bonds. The number of hydrogen-bond acceptors (Lipinski definition) is 3. The third-order valence-corrected chi connectivity index (χ3v) is 3.68. The number of carbonyl (C=O) groups is 2. The number of amides is 2. The number of aliphatic carboxylic acids is 1. The quantitative estimate of drug-likeness (QED) is 0.707. The average Bonchev–Trinajstić information content (AvgIpc) is 2.44. The number of urea groups is 1. The number of benzene rings is 1. The summed E-state index contributed by atoms with van der Waals surface area (Å²) < 4.78 is 5.42. The van der Waals surface area contributed by atoms with E-state index in [9.17, 15) is 9.59 Å². The first-order valence-electron chi connectivity index (χ1n) is 6.71. The highest BCUT2D eigenvalue weighted by molar-refractivity contribution is 6.40. The summed E-state index contributed by atoms with van der Waals surface area (Å²) in [5.41, 5.74) is 0. The van der Waals surface area contributed by atoms with Crippen LogP contribution in [0.4, 0.5) is 4.79 Å². The Kier molecular flexibility index (Phi) is 7.75. The Morgan fingerprint density at radius 3 is 2.39 bits per heavy atom. The monoisotopic (exact) mass is 382 g/mol. The molecule has 6 nitrogen and oxygen atoms in total. The number of nitrogens with one attached hydrogen (secondary N) is 1. The van der Waals surface area contributed by atoms with Gasteiger partial charge < -0.3 is 20.1 Å². The van der Waals surface area contributed by atoms with Crippen molar-refractivity contribution in [3.8, 4) is 5.75 Å². The molecule has 0 spiro atoms. The first kappa shape index (κ1) is 19.7. The van der Waals surface area contributed by atoms with Gasteiger partial charge in [-0.15, -0.1) is 0 Å². The van der Waals surface area contributed by atoms with E-state index >= 15 is 0 Å². The van der Waals surface area contributed by atoms with Crippen LogP contribution in [0.5, 0.6) is 5.75 Å². The van der Waals surface area contributed by atoms with Crippen molar-refractivity contribution in [1.82, 2.24) is 10.2 Å². The normalized spacial score (nSPS) is 11.7. The van der Waals surface area contributed by atoms with Gasteiger partial charge in [0.2, 0.25) is 0 Å². The standard InChI is InChI=1S/C14H17Cl3N2O4/c1-8(13(20)21)7-19(2)14(22)18-3-4-23-12-10(16)5-9(15)6-11(12)17/h5-6,8H,3-4,7H2,1-2H3,(H,18,22)(H,20,21). The number of nitrogens with zero attached hydrogens (tertiary/aromatic N) is 1. The zero-order valence-electron chi connectivity index (χ0n) is 12.6. The molecule has 0 aliphatic heterocycles. The Morgan fingerprint density at radius 2 is 1.87 bits per heavy atom. The van der Waals surface area contributed by atoms with Gasteiger partial charge in [-0.25, -0.2) is 4.79 Å². The molecule has 2 N–H and O–H groups in total. The van der Waals surface area contributed by atoms with Gasteiger partial charge in [0.15, 0.2) is 5.75 Å². The lowest BCUT2D eigenvalue weighted by Gasteiger charge is -2.20. The van der Waals surface area contributed by atoms with Crippen LogP contribution < -0.4 is 10.1 Å². The van der Waals surface area contributed by atoms with Gasteiger partial charge in [0.1, 0.15) is 6.61 Å². The molecule has 23 heavy (non-hydrogen) atoms. The summed E-state index contributed by atoms with van der Waals surface area (Å²) in [6, 6.07) is 2.61. The van der Waals surface area contributed by atoms with Crippen molar-refractivity contribution in [3.05, 3.63) is 27.2 Å². The zero-order chi connectivity index (χ0) is 17.6. The molecule has 0 saturated carbocycles. The first-order chi connectivity index (χ1) is 10.7. The molecule has 0 bridgehead atoms. The lowest BCUT2D eigenvalue weighted by atomic mass is 10.2. The highest BCUT2D eigenvalue weighted by atomic mass is 35.5. The van der Waals surface area contributed by atoms with Gasteiger partial charge in [0.25, 0.3) is 0 Å². The van der Waals surface area contributed by atoms with E-state index in [2.05, 4.69) is 5.32 Å². The van der Waals surface area contributed by atoms with Crippen LogP contribution in [-0.4, -0.2) is 48.8 Å². The molecular formula is C14H17Cl3N2O4. The van der Waals surface area contributed by atoms with Crippen molar-refractivity contribution < 1.29 is 19.4 Å². The smallest absolute Gasteiger partial charge is 0.317 e. The topological polar surface area (TPSA) is 78.9 Å². The molecule has 0 heterocycles. The molecule has 1 aromatic rings. The molecule has 1 rings (SSSR count). The summed E-state index contributed by atoms with van der Waals surface area (Å²) in [6.07, 6.45) is 0. The number of carboxylic acid groups (broad SMARTS) is 1. The lowest BCUT2D eigenvalue weighted by molar-refractivity contribution is -0.141. The Bertz CT molecular complexity index is 560. The Morgan fingerprint density at radius 1 is 1.30 bits per heavy atom. The van der Waals surface area contributed by atoms with E-state index in [4.69, 9.17) is 44.6 Å². The molecule has 0 aliphatic rings. The highest BCUT2D eigenvalue weighted by Crippen LogP contribution is 2.35. The van der Waals surface area contributed by atoms with Gasteiger partial charge in [-0.3, -0.25) is 4.79 Å². The fraction of sp³-hybridized carbons (Fsp3) is 0.429. The van der Waals surface area contributed by atoms with E-state index in [1.165, 1.54) is 31.0 Å². The van der Waals surface area contributed by atoms with Crippen LogP contribution in [0, 0.1) is 5.92 Å². The zero-order valence-corrected chi connectivity index (χ0v) is 14.9. The average molecular weight is 384 g/mol. The molecule has 1 aromatic carbocycles. The molecular weight excluding hydrogens is 367 g/mol. The van der Waals surface area contributed by atoms with Gasteiger partial charge >= 0.3 is 12.0 Å². The van der Waals surface area contributed by atoms with Crippen molar-refractivity contribution in [2.75, 3.05) is 26.7 Å². The highest BCUT2D eigenvalue weighted by Gasteiger charge is 2.17.